The van der Waals surface area contributed by atoms with Gasteiger partial charge in [0.1, 0.15) is 11.5 Å². The van der Waals surface area contributed by atoms with Crippen molar-refractivity contribution in [2.45, 2.75) is 26.8 Å². The molecule has 1 N–H and O–H groups in total. The van der Waals surface area contributed by atoms with Crippen molar-refractivity contribution in [1.82, 2.24) is 4.98 Å². The van der Waals surface area contributed by atoms with Crippen molar-refractivity contribution in [2.24, 2.45) is 0 Å². The number of benzene rings is 3. The lowest BCUT2D eigenvalue weighted by Crippen LogP contribution is -2.29. The second kappa shape index (κ2) is 9.41. The van der Waals surface area contributed by atoms with Gasteiger partial charge in [0, 0.05) is 10.6 Å². The van der Waals surface area contributed by atoms with Crippen molar-refractivity contribution in [1.29, 1.82) is 0 Å². The van der Waals surface area contributed by atoms with Crippen LogP contribution in [-0.2, 0) is 9.59 Å². The number of hydrogen-bond donors (Lipinski definition) is 1. The summed E-state index contributed by atoms with van der Waals surface area (Å²) < 4.78 is 6.40. The molecule has 1 atom stereocenters. The molecule has 0 saturated carbocycles. The number of carbonyl (C=O) groups excluding carboxylic acids is 2. The average Bonchev–Trinajstić information content (AvgIpc) is 3.38. The Morgan fingerprint density at radius 2 is 1.78 bits per heavy atom. The summed E-state index contributed by atoms with van der Waals surface area (Å²) in [6.07, 6.45) is 0. The summed E-state index contributed by atoms with van der Waals surface area (Å²) in [5.41, 5.74) is 3.90. The first-order valence-corrected chi connectivity index (χ1v) is 12.7. The highest BCUT2D eigenvalue weighted by atomic mass is 35.5. The molecule has 1 fully saturated rings. The first-order valence-electron chi connectivity index (χ1n) is 11.5. The van der Waals surface area contributed by atoms with Crippen LogP contribution in [0, 0.1) is 13.8 Å². The van der Waals surface area contributed by atoms with Crippen LogP contribution >= 0.6 is 22.9 Å². The monoisotopic (exact) mass is 518 g/mol. The van der Waals surface area contributed by atoms with Gasteiger partial charge in [0.15, 0.2) is 5.13 Å². The standard InChI is InChI=1S/C28H23ClN2O4S/c1-4-35-20-11-7-18(8-12-20)25(32)22-24(17-5-9-19(29)10-6-17)31(27(34)26(22)33)28-30-23-16(3)13-15(2)14-21(23)36-28/h5-14,24,32H,4H2,1-3H3/t24-/m1/s1. The molecular weight excluding hydrogens is 496 g/mol. The van der Waals surface area contributed by atoms with E-state index in [1.54, 1.807) is 48.5 Å². The third-order valence-electron chi connectivity index (χ3n) is 6.09. The van der Waals surface area contributed by atoms with Crippen LogP contribution in [0.3, 0.4) is 0 Å². The molecule has 8 heteroatoms. The number of fused-ring (bicyclic) bond motifs is 1. The Labute approximate surface area is 217 Å². The summed E-state index contributed by atoms with van der Waals surface area (Å²) in [5, 5.41) is 12.2. The summed E-state index contributed by atoms with van der Waals surface area (Å²) in [6, 6.07) is 16.8. The lowest BCUT2D eigenvalue weighted by Gasteiger charge is -2.23. The number of anilines is 1. The van der Waals surface area contributed by atoms with E-state index in [0.717, 1.165) is 21.3 Å². The Morgan fingerprint density at radius 3 is 2.44 bits per heavy atom. The first-order chi connectivity index (χ1) is 17.3. The average molecular weight is 519 g/mol. The van der Waals surface area contributed by atoms with Gasteiger partial charge in [-0.2, -0.15) is 0 Å². The molecule has 0 spiro atoms. The number of aliphatic hydroxyl groups is 1. The minimum Gasteiger partial charge on any atom is -0.507 e. The number of ether oxygens (including phenoxy) is 1. The molecule has 1 amide bonds. The molecule has 0 radical (unpaired) electrons. The van der Waals surface area contributed by atoms with Gasteiger partial charge >= 0.3 is 5.91 Å². The number of amides is 1. The maximum atomic E-state index is 13.4. The van der Waals surface area contributed by atoms with Crippen LogP contribution in [0.15, 0.2) is 66.2 Å². The van der Waals surface area contributed by atoms with Crippen LogP contribution < -0.4 is 9.64 Å². The third-order valence-corrected chi connectivity index (χ3v) is 7.35. The van der Waals surface area contributed by atoms with E-state index in [1.165, 1.54) is 16.2 Å². The van der Waals surface area contributed by atoms with Gasteiger partial charge in [0.2, 0.25) is 0 Å². The van der Waals surface area contributed by atoms with E-state index in [-0.39, 0.29) is 11.3 Å². The van der Waals surface area contributed by atoms with Crippen molar-refractivity contribution >= 4 is 55.7 Å². The number of carbonyl (C=O) groups is 2. The largest absolute Gasteiger partial charge is 0.507 e. The minimum absolute atomic E-state index is 0.00126. The Balaban J connectivity index is 1.69. The Kier molecular flexibility index (Phi) is 6.28. The van der Waals surface area contributed by atoms with Gasteiger partial charge in [-0.25, -0.2) is 4.98 Å². The van der Waals surface area contributed by atoms with Crippen LogP contribution in [0.1, 0.15) is 35.2 Å². The van der Waals surface area contributed by atoms with Gasteiger partial charge in [0.05, 0.1) is 28.4 Å². The first kappa shape index (κ1) is 24.0. The molecule has 1 saturated heterocycles. The number of aryl methyl sites for hydroxylation is 2. The summed E-state index contributed by atoms with van der Waals surface area (Å²) >= 11 is 7.46. The van der Waals surface area contributed by atoms with Crippen LogP contribution in [0.5, 0.6) is 5.75 Å². The number of nitrogens with zero attached hydrogens (tertiary/aromatic N) is 2. The lowest BCUT2D eigenvalue weighted by atomic mass is 9.95. The molecule has 1 aliphatic rings. The second-order valence-corrected chi connectivity index (χ2v) is 10.0. The van der Waals surface area contributed by atoms with Crippen LogP contribution in [0.25, 0.3) is 16.0 Å². The molecule has 6 nitrogen and oxygen atoms in total. The SMILES string of the molecule is CCOc1ccc(C(O)=C2C(=O)C(=O)N(c3nc4c(C)cc(C)cc4s3)[C@@H]2c2ccc(Cl)cc2)cc1. The predicted molar refractivity (Wildman–Crippen MR) is 143 cm³/mol. The number of aliphatic hydroxyl groups excluding tert-OH is 1. The van der Waals surface area contributed by atoms with Crippen LogP contribution in [-0.4, -0.2) is 28.4 Å². The maximum absolute atomic E-state index is 13.4. The summed E-state index contributed by atoms with van der Waals surface area (Å²) in [5.74, 6) is -1.12. The Morgan fingerprint density at radius 1 is 1.08 bits per heavy atom. The fourth-order valence-electron chi connectivity index (χ4n) is 4.48. The van der Waals surface area contributed by atoms with Gasteiger partial charge in [-0.3, -0.25) is 14.5 Å². The number of halogens is 1. The normalized spacial score (nSPS) is 17.2. The van der Waals surface area contributed by atoms with E-state index in [2.05, 4.69) is 0 Å². The van der Waals surface area contributed by atoms with Crippen molar-refractivity contribution in [3.8, 4) is 5.75 Å². The minimum atomic E-state index is -0.865. The number of rotatable bonds is 5. The number of aromatic nitrogens is 1. The maximum Gasteiger partial charge on any atom is 0.301 e. The summed E-state index contributed by atoms with van der Waals surface area (Å²) in [7, 11) is 0. The van der Waals surface area contributed by atoms with Crippen LogP contribution in [0.4, 0.5) is 5.13 Å². The van der Waals surface area contributed by atoms with E-state index < -0.39 is 17.7 Å². The molecule has 182 valence electrons. The van der Waals surface area contributed by atoms with Crippen molar-refractivity contribution in [3.05, 3.63) is 93.5 Å². The number of Topliss-reactive ketones (excluding diaryl/α,β-unsaturated/α-hetero) is 1. The molecule has 0 bridgehead atoms. The molecule has 0 unspecified atom stereocenters. The van der Waals surface area contributed by atoms with Crippen molar-refractivity contribution < 1.29 is 19.4 Å². The van der Waals surface area contributed by atoms with Gasteiger partial charge in [-0.15, -0.1) is 0 Å². The molecule has 4 aromatic rings. The molecular formula is C28H23ClN2O4S. The highest BCUT2D eigenvalue weighted by Crippen LogP contribution is 2.45. The molecule has 0 aliphatic carbocycles. The third kappa shape index (κ3) is 4.14. The lowest BCUT2D eigenvalue weighted by molar-refractivity contribution is -0.132. The van der Waals surface area contributed by atoms with Gasteiger partial charge in [-0.05, 0) is 79.9 Å². The molecule has 1 aromatic heterocycles. The topological polar surface area (TPSA) is 79.7 Å². The molecule has 3 aromatic carbocycles. The zero-order chi connectivity index (χ0) is 25.6. The van der Waals surface area contributed by atoms with E-state index >= 15 is 0 Å². The van der Waals surface area contributed by atoms with Crippen LogP contribution in [0.2, 0.25) is 5.02 Å². The Hall–Kier alpha value is -3.68. The Bertz CT molecular complexity index is 1520. The predicted octanol–water partition coefficient (Wildman–Crippen LogP) is 6.59. The van der Waals surface area contributed by atoms with Gasteiger partial charge in [-0.1, -0.05) is 41.1 Å². The number of ketones is 1. The zero-order valence-corrected chi connectivity index (χ0v) is 21.5. The summed E-state index contributed by atoms with van der Waals surface area (Å²) in [4.78, 5) is 32.9. The molecule has 5 rings (SSSR count). The van der Waals surface area contributed by atoms with E-state index in [0.29, 0.717) is 33.6 Å². The van der Waals surface area contributed by atoms with Crippen molar-refractivity contribution in [2.75, 3.05) is 11.5 Å². The van der Waals surface area contributed by atoms with Gasteiger partial charge < -0.3 is 9.84 Å². The molecule has 36 heavy (non-hydrogen) atoms. The van der Waals surface area contributed by atoms with E-state index in [9.17, 15) is 14.7 Å². The fraction of sp³-hybridized carbons (Fsp3) is 0.179. The fourth-order valence-corrected chi connectivity index (χ4v) is 5.78. The highest BCUT2D eigenvalue weighted by Gasteiger charge is 2.48. The van der Waals surface area contributed by atoms with Gasteiger partial charge in [0.25, 0.3) is 5.78 Å². The number of thiazole rings is 1. The molecule has 1 aliphatic heterocycles. The van der Waals surface area contributed by atoms with E-state index in [1.807, 2.05) is 32.9 Å². The number of hydrogen-bond acceptors (Lipinski definition) is 6. The molecule has 2 heterocycles. The van der Waals surface area contributed by atoms with E-state index in [4.69, 9.17) is 21.3 Å². The highest BCUT2D eigenvalue weighted by molar-refractivity contribution is 7.22. The summed E-state index contributed by atoms with van der Waals surface area (Å²) in [6.45, 7) is 6.36. The second-order valence-electron chi connectivity index (χ2n) is 8.60. The zero-order valence-electron chi connectivity index (χ0n) is 19.9. The smallest absolute Gasteiger partial charge is 0.301 e. The van der Waals surface area contributed by atoms with Crippen molar-refractivity contribution in [3.63, 3.8) is 0 Å². The quantitative estimate of drug-likeness (QED) is 0.183.